The molecule has 0 atom stereocenters. The first-order valence-electron chi connectivity index (χ1n) is 7.92. The van der Waals surface area contributed by atoms with Crippen molar-refractivity contribution in [3.8, 4) is 6.07 Å². The normalized spacial score (nSPS) is 18.5. The average Bonchev–Trinajstić information content (AvgIpc) is 2.91. The first-order valence-corrected chi connectivity index (χ1v) is 8.74. The number of carbonyl (C=O) groups excluding carboxylic acids is 1. The Kier molecular flexibility index (Phi) is 5.08. The first-order chi connectivity index (χ1) is 10.8. The van der Waals surface area contributed by atoms with Gasteiger partial charge in [0.2, 0.25) is 5.91 Å². The molecule has 1 saturated heterocycles. The van der Waals surface area contributed by atoms with Crippen LogP contribution in [0.2, 0.25) is 0 Å². The van der Waals surface area contributed by atoms with Crippen molar-refractivity contribution in [2.45, 2.75) is 32.1 Å². The van der Waals surface area contributed by atoms with Gasteiger partial charge in [-0.3, -0.25) is 9.69 Å². The number of anilines is 1. The Morgan fingerprint density at radius 2 is 2.09 bits per heavy atom. The summed E-state index contributed by atoms with van der Waals surface area (Å²) in [6.45, 7) is 4.03. The number of nitrogens with one attached hydrogen (secondary N) is 1. The van der Waals surface area contributed by atoms with Crippen LogP contribution in [-0.4, -0.2) is 43.7 Å². The maximum atomic E-state index is 12.2. The Morgan fingerprint density at radius 3 is 2.86 bits per heavy atom. The van der Waals surface area contributed by atoms with Crippen molar-refractivity contribution < 1.29 is 9.53 Å². The zero-order valence-electron chi connectivity index (χ0n) is 12.7. The van der Waals surface area contributed by atoms with Gasteiger partial charge in [0.1, 0.15) is 11.1 Å². The van der Waals surface area contributed by atoms with Gasteiger partial charge < -0.3 is 10.1 Å². The maximum Gasteiger partial charge on any atom is 0.226 e. The van der Waals surface area contributed by atoms with Gasteiger partial charge in [0.05, 0.1) is 18.8 Å². The number of fused-ring (bicyclic) bond motifs is 1. The van der Waals surface area contributed by atoms with Gasteiger partial charge in [-0.1, -0.05) is 0 Å². The molecule has 1 N–H and O–H groups in total. The van der Waals surface area contributed by atoms with Crippen molar-refractivity contribution in [3.05, 3.63) is 16.0 Å². The van der Waals surface area contributed by atoms with E-state index >= 15 is 0 Å². The lowest BCUT2D eigenvalue weighted by Crippen LogP contribution is -2.38. The van der Waals surface area contributed by atoms with Crippen molar-refractivity contribution in [1.29, 1.82) is 5.26 Å². The third kappa shape index (κ3) is 3.49. The Hall–Kier alpha value is -1.42. The molecule has 1 fully saturated rings. The molecule has 2 heterocycles. The molecule has 5 nitrogen and oxygen atoms in total. The van der Waals surface area contributed by atoms with E-state index in [2.05, 4.69) is 16.3 Å². The Bertz CT molecular complexity index is 585. The number of morpholine rings is 1. The van der Waals surface area contributed by atoms with Crippen LogP contribution in [-0.2, 0) is 22.4 Å². The van der Waals surface area contributed by atoms with Gasteiger partial charge in [-0.05, 0) is 31.2 Å². The highest BCUT2D eigenvalue weighted by molar-refractivity contribution is 7.16. The van der Waals surface area contributed by atoms with Crippen LogP contribution in [0.15, 0.2) is 0 Å². The van der Waals surface area contributed by atoms with E-state index in [1.165, 1.54) is 16.9 Å². The van der Waals surface area contributed by atoms with Crippen LogP contribution in [0.5, 0.6) is 0 Å². The molecular formula is C16H21N3O2S. The van der Waals surface area contributed by atoms with Crippen LogP contribution in [0.25, 0.3) is 0 Å². The zero-order valence-corrected chi connectivity index (χ0v) is 13.5. The highest BCUT2D eigenvalue weighted by Gasteiger charge is 2.22. The summed E-state index contributed by atoms with van der Waals surface area (Å²) in [5.41, 5.74) is 1.86. The number of ether oxygens (including phenoxy) is 1. The molecular weight excluding hydrogens is 298 g/mol. The standard InChI is InChI=1S/C16H21N3O2S/c17-11-13-12-3-1-2-4-14(12)22-16(13)18-15(20)5-6-19-7-9-21-10-8-19/h1-10H2,(H,18,20). The second kappa shape index (κ2) is 7.23. The monoisotopic (exact) mass is 319 g/mol. The van der Waals surface area contributed by atoms with E-state index in [4.69, 9.17) is 4.74 Å². The minimum absolute atomic E-state index is 0.00147. The first kappa shape index (κ1) is 15.5. The minimum atomic E-state index is 0.00147. The molecule has 0 bridgehead atoms. The molecule has 0 spiro atoms. The number of thiophene rings is 1. The summed E-state index contributed by atoms with van der Waals surface area (Å²) < 4.78 is 5.30. The van der Waals surface area contributed by atoms with Gasteiger partial charge in [0.25, 0.3) is 0 Å². The largest absolute Gasteiger partial charge is 0.379 e. The molecule has 1 aliphatic carbocycles. The summed E-state index contributed by atoms with van der Waals surface area (Å²) in [4.78, 5) is 15.7. The van der Waals surface area contributed by atoms with Gasteiger partial charge in [-0.15, -0.1) is 11.3 Å². The quantitative estimate of drug-likeness (QED) is 0.923. The van der Waals surface area contributed by atoms with E-state index in [0.717, 1.165) is 57.1 Å². The average molecular weight is 319 g/mol. The van der Waals surface area contributed by atoms with E-state index in [1.807, 2.05) is 0 Å². The smallest absolute Gasteiger partial charge is 0.226 e. The lowest BCUT2D eigenvalue weighted by Gasteiger charge is -2.26. The molecule has 22 heavy (non-hydrogen) atoms. The van der Waals surface area contributed by atoms with Crippen LogP contribution in [0, 0.1) is 11.3 Å². The lowest BCUT2D eigenvalue weighted by atomic mass is 9.96. The lowest BCUT2D eigenvalue weighted by molar-refractivity contribution is -0.116. The number of nitriles is 1. The number of carbonyl (C=O) groups is 1. The summed E-state index contributed by atoms with van der Waals surface area (Å²) in [6.07, 6.45) is 4.80. The number of nitrogens with zero attached hydrogens (tertiary/aromatic N) is 2. The molecule has 3 rings (SSSR count). The summed E-state index contributed by atoms with van der Waals surface area (Å²) in [5, 5.41) is 13.1. The second-order valence-electron chi connectivity index (χ2n) is 5.78. The van der Waals surface area contributed by atoms with Crippen LogP contribution < -0.4 is 5.32 Å². The number of amides is 1. The summed E-state index contributed by atoms with van der Waals surface area (Å²) in [5.74, 6) is 0.00147. The predicted molar refractivity (Wildman–Crippen MR) is 86.2 cm³/mol. The fourth-order valence-electron chi connectivity index (χ4n) is 3.05. The minimum Gasteiger partial charge on any atom is -0.379 e. The molecule has 6 heteroatoms. The molecule has 0 aromatic carbocycles. The van der Waals surface area contributed by atoms with E-state index < -0.39 is 0 Å². The molecule has 1 aliphatic heterocycles. The number of aryl methyl sites for hydroxylation is 1. The third-order valence-electron chi connectivity index (χ3n) is 4.29. The highest BCUT2D eigenvalue weighted by atomic mass is 32.1. The van der Waals surface area contributed by atoms with Gasteiger partial charge in [-0.2, -0.15) is 5.26 Å². The topological polar surface area (TPSA) is 65.4 Å². The molecule has 0 unspecified atom stereocenters. The van der Waals surface area contributed by atoms with E-state index in [0.29, 0.717) is 12.0 Å². The molecule has 0 radical (unpaired) electrons. The third-order valence-corrected chi connectivity index (χ3v) is 5.50. The van der Waals surface area contributed by atoms with Crippen molar-refractivity contribution in [1.82, 2.24) is 4.90 Å². The Morgan fingerprint density at radius 1 is 1.32 bits per heavy atom. The van der Waals surface area contributed by atoms with Gasteiger partial charge >= 0.3 is 0 Å². The summed E-state index contributed by atoms with van der Waals surface area (Å²) >= 11 is 1.59. The predicted octanol–water partition coefficient (Wildman–Crippen LogP) is 2.16. The fraction of sp³-hybridized carbons (Fsp3) is 0.625. The molecule has 1 aromatic heterocycles. The van der Waals surface area contributed by atoms with Crippen LogP contribution in [0.3, 0.4) is 0 Å². The summed E-state index contributed by atoms with van der Waals surface area (Å²) in [6, 6.07) is 2.28. The van der Waals surface area contributed by atoms with Crippen LogP contribution in [0.4, 0.5) is 5.00 Å². The molecule has 2 aliphatic rings. The zero-order chi connectivity index (χ0) is 15.4. The van der Waals surface area contributed by atoms with Crippen LogP contribution >= 0.6 is 11.3 Å². The highest BCUT2D eigenvalue weighted by Crippen LogP contribution is 2.37. The molecule has 118 valence electrons. The van der Waals surface area contributed by atoms with E-state index in [1.54, 1.807) is 11.3 Å². The van der Waals surface area contributed by atoms with Crippen molar-refractivity contribution in [3.63, 3.8) is 0 Å². The fourth-order valence-corrected chi connectivity index (χ4v) is 4.30. The van der Waals surface area contributed by atoms with Crippen molar-refractivity contribution in [2.75, 3.05) is 38.2 Å². The Labute approximate surface area is 134 Å². The maximum absolute atomic E-state index is 12.2. The number of hydrogen-bond acceptors (Lipinski definition) is 5. The second-order valence-corrected chi connectivity index (χ2v) is 6.88. The molecule has 1 amide bonds. The molecule has 1 aromatic rings. The van der Waals surface area contributed by atoms with Gasteiger partial charge in [0.15, 0.2) is 0 Å². The SMILES string of the molecule is N#Cc1c(NC(=O)CCN2CCOCC2)sc2c1CCCC2. The van der Waals surface area contributed by atoms with E-state index in [-0.39, 0.29) is 5.91 Å². The van der Waals surface area contributed by atoms with Gasteiger partial charge in [-0.25, -0.2) is 0 Å². The van der Waals surface area contributed by atoms with Gasteiger partial charge in [0, 0.05) is 30.9 Å². The number of hydrogen-bond donors (Lipinski definition) is 1. The van der Waals surface area contributed by atoms with Crippen LogP contribution in [0.1, 0.15) is 35.3 Å². The van der Waals surface area contributed by atoms with Crippen molar-refractivity contribution in [2.24, 2.45) is 0 Å². The summed E-state index contributed by atoms with van der Waals surface area (Å²) in [7, 11) is 0. The Balaban J connectivity index is 1.59. The van der Waals surface area contributed by atoms with E-state index in [9.17, 15) is 10.1 Å². The van der Waals surface area contributed by atoms with Crippen molar-refractivity contribution >= 4 is 22.2 Å². The molecule has 0 saturated carbocycles. The number of rotatable bonds is 4.